The second-order valence-electron chi connectivity index (χ2n) is 7.50. The molecule has 0 aromatic carbocycles. The van der Waals surface area contributed by atoms with Gasteiger partial charge in [0.15, 0.2) is 0 Å². The summed E-state index contributed by atoms with van der Waals surface area (Å²) in [6.45, 7) is 12.4. The van der Waals surface area contributed by atoms with E-state index >= 15 is 0 Å². The molecule has 1 aliphatic heterocycles. The maximum atomic E-state index is 12.1. The van der Waals surface area contributed by atoms with Crippen molar-refractivity contribution < 1.29 is 9.53 Å². The predicted molar refractivity (Wildman–Crippen MR) is 99.0 cm³/mol. The van der Waals surface area contributed by atoms with Crippen molar-refractivity contribution in [1.82, 2.24) is 10.2 Å². The number of nitrogens with one attached hydrogen (secondary N) is 1. The highest BCUT2D eigenvalue weighted by atomic mass is 79.9. The number of nitrogens with zero attached hydrogens (tertiary/aromatic N) is 1. The van der Waals surface area contributed by atoms with Crippen LogP contribution >= 0.6 is 27.3 Å². The molecule has 1 amide bonds. The minimum atomic E-state index is -0.430. The Labute approximate surface area is 151 Å². The predicted octanol–water partition coefficient (Wildman–Crippen LogP) is 4.70. The van der Waals surface area contributed by atoms with Gasteiger partial charge in [0, 0.05) is 39.4 Å². The lowest BCUT2D eigenvalue weighted by Crippen LogP contribution is -2.52. The summed E-state index contributed by atoms with van der Waals surface area (Å²) in [6.07, 6.45) is 1.69. The molecule has 0 bridgehead atoms. The minimum absolute atomic E-state index is 0.0723. The first-order valence-corrected chi connectivity index (χ1v) is 9.67. The largest absolute Gasteiger partial charge is 0.444 e. The monoisotopic (exact) mass is 402 g/mol. The number of halogens is 1. The summed E-state index contributed by atoms with van der Waals surface area (Å²) >= 11 is 5.39. The highest BCUT2D eigenvalue weighted by Crippen LogP contribution is 2.28. The van der Waals surface area contributed by atoms with Crippen molar-refractivity contribution >= 4 is 33.4 Å². The Balaban J connectivity index is 1.83. The van der Waals surface area contributed by atoms with Crippen LogP contribution in [0.25, 0.3) is 0 Å². The van der Waals surface area contributed by atoms with Gasteiger partial charge in [-0.2, -0.15) is 0 Å². The summed E-state index contributed by atoms with van der Waals surface area (Å²) in [5.41, 5.74) is -0.358. The molecule has 2 heterocycles. The van der Waals surface area contributed by atoms with Crippen molar-refractivity contribution in [3.05, 3.63) is 20.3 Å². The minimum Gasteiger partial charge on any atom is -0.444 e. The van der Waals surface area contributed by atoms with Gasteiger partial charge in [-0.1, -0.05) is 0 Å². The molecule has 1 N–H and O–H groups in total. The fraction of sp³-hybridized carbons (Fsp3) is 0.706. The smallest absolute Gasteiger partial charge is 0.410 e. The average Bonchev–Trinajstić information content (AvgIpc) is 2.75. The van der Waals surface area contributed by atoms with Crippen molar-refractivity contribution in [2.24, 2.45) is 0 Å². The van der Waals surface area contributed by atoms with Gasteiger partial charge in [0.25, 0.3) is 0 Å². The molecule has 23 heavy (non-hydrogen) atoms. The second-order valence-corrected chi connectivity index (χ2v) is 9.69. The van der Waals surface area contributed by atoms with E-state index in [1.807, 2.05) is 37.0 Å². The molecule has 0 saturated carbocycles. The second kappa shape index (κ2) is 7.11. The van der Waals surface area contributed by atoms with Crippen molar-refractivity contribution in [3.63, 3.8) is 0 Å². The Bertz CT molecular complexity index is 538. The summed E-state index contributed by atoms with van der Waals surface area (Å²) in [5, 5.41) is 3.67. The number of hydrogen-bond donors (Lipinski definition) is 1. The van der Waals surface area contributed by atoms with E-state index in [0.29, 0.717) is 0 Å². The molecule has 1 aromatic heterocycles. The van der Waals surface area contributed by atoms with Crippen LogP contribution < -0.4 is 5.32 Å². The third-order valence-electron chi connectivity index (χ3n) is 4.12. The Kier molecular flexibility index (Phi) is 5.80. The van der Waals surface area contributed by atoms with Crippen molar-refractivity contribution in [3.8, 4) is 0 Å². The van der Waals surface area contributed by atoms with Crippen molar-refractivity contribution in [1.29, 1.82) is 0 Å². The van der Waals surface area contributed by atoms with Gasteiger partial charge in [-0.3, -0.25) is 0 Å². The van der Waals surface area contributed by atoms with E-state index in [4.69, 9.17) is 4.74 Å². The van der Waals surface area contributed by atoms with Gasteiger partial charge in [0.05, 0.1) is 0 Å². The van der Waals surface area contributed by atoms with Gasteiger partial charge in [-0.15, -0.1) is 11.3 Å². The fourth-order valence-electron chi connectivity index (χ4n) is 2.59. The normalized spacial score (nSPS) is 18.1. The first-order valence-electron chi connectivity index (χ1n) is 8.06. The van der Waals surface area contributed by atoms with Crippen LogP contribution in [-0.2, 0) is 11.3 Å². The van der Waals surface area contributed by atoms with Crippen LogP contribution in [-0.4, -0.2) is 35.2 Å². The average molecular weight is 403 g/mol. The zero-order valence-corrected chi connectivity index (χ0v) is 17.1. The van der Waals surface area contributed by atoms with Gasteiger partial charge in [0.2, 0.25) is 0 Å². The molecule has 0 aliphatic carbocycles. The molecule has 2 rings (SSSR count). The first-order chi connectivity index (χ1) is 10.6. The highest BCUT2D eigenvalue weighted by molar-refractivity contribution is 9.10. The molecule has 0 unspecified atom stereocenters. The SMILES string of the molecule is Cc1sc(CNC2(C)CCN(C(=O)OC(C)(C)C)CC2)cc1Br. The summed E-state index contributed by atoms with van der Waals surface area (Å²) in [6, 6.07) is 2.19. The number of amides is 1. The summed E-state index contributed by atoms with van der Waals surface area (Å²) in [4.78, 5) is 16.6. The fourth-order valence-corrected chi connectivity index (χ4v) is 4.13. The number of piperidine rings is 1. The third kappa shape index (κ3) is 5.47. The van der Waals surface area contributed by atoms with E-state index in [0.717, 1.165) is 32.5 Å². The van der Waals surface area contributed by atoms with Crippen LogP contribution in [0.5, 0.6) is 0 Å². The standard InChI is InChI=1S/C17H27BrN2O2S/c1-12-14(18)10-13(23-12)11-19-17(5)6-8-20(9-7-17)15(21)22-16(2,3)4/h10,19H,6-9,11H2,1-5H3. The van der Waals surface area contributed by atoms with E-state index in [1.165, 1.54) is 14.2 Å². The molecule has 130 valence electrons. The van der Waals surface area contributed by atoms with Gasteiger partial charge in [0.1, 0.15) is 5.60 Å². The molecule has 0 atom stereocenters. The van der Waals surface area contributed by atoms with Gasteiger partial charge >= 0.3 is 6.09 Å². The highest BCUT2D eigenvalue weighted by Gasteiger charge is 2.33. The molecular weight excluding hydrogens is 376 g/mol. The Morgan fingerprint density at radius 2 is 2.04 bits per heavy atom. The van der Waals surface area contributed by atoms with Crippen LogP contribution in [0.4, 0.5) is 4.79 Å². The first kappa shape index (κ1) is 18.7. The number of ether oxygens (including phenoxy) is 1. The van der Waals surface area contributed by atoms with E-state index < -0.39 is 5.60 Å². The zero-order chi connectivity index (χ0) is 17.3. The number of carbonyl (C=O) groups excluding carboxylic acids is 1. The third-order valence-corrected chi connectivity index (χ3v) is 6.25. The number of likely N-dealkylation sites (tertiary alicyclic amines) is 1. The topological polar surface area (TPSA) is 41.6 Å². The number of aryl methyl sites for hydroxylation is 1. The lowest BCUT2D eigenvalue weighted by atomic mass is 9.89. The summed E-state index contributed by atoms with van der Waals surface area (Å²) < 4.78 is 6.64. The quantitative estimate of drug-likeness (QED) is 0.796. The van der Waals surface area contributed by atoms with E-state index in [9.17, 15) is 4.79 Å². The molecule has 4 nitrogen and oxygen atoms in total. The number of hydrogen-bond acceptors (Lipinski definition) is 4. The number of carbonyl (C=O) groups is 1. The Morgan fingerprint density at radius 1 is 1.43 bits per heavy atom. The maximum absolute atomic E-state index is 12.1. The molecule has 0 radical (unpaired) electrons. The van der Waals surface area contributed by atoms with Crippen LogP contribution in [0.3, 0.4) is 0 Å². The zero-order valence-electron chi connectivity index (χ0n) is 14.7. The molecule has 1 aromatic rings. The van der Waals surface area contributed by atoms with Gasteiger partial charge in [-0.05, 0) is 69.5 Å². The molecule has 0 spiro atoms. The van der Waals surface area contributed by atoms with Crippen LogP contribution in [0.1, 0.15) is 50.3 Å². The number of rotatable bonds is 3. The molecular formula is C17H27BrN2O2S. The van der Waals surface area contributed by atoms with Crippen LogP contribution in [0.2, 0.25) is 0 Å². The molecule has 1 fully saturated rings. The number of thiophene rings is 1. The van der Waals surface area contributed by atoms with E-state index in [1.54, 1.807) is 0 Å². The lowest BCUT2D eigenvalue weighted by molar-refractivity contribution is 0.0157. The van der Waals surface area contributed by atoms with Crippen LogP contribution in [0, 0.1) is 6.92 Å². The summed E-state index contributed by atoms with van der Waals surface area (Å²) in [7, 11) is 0. The molecule has 1 aliphatic rings. The van der Waals surface area contributed by atoms with Crippen molar-refractivity contribution in [2.75, 3.05) is 13.1 Å². The molecule has 1 saturated heterocycles. The van der Waals surface area contributed by atoms with Gasteiger partial charge < -0.3 is 15.0 Å². The van der Waals surface area contributed by atoms with Crippen LogP contribution in [0.15, 0.2) is 10.5 Å². The van der Waals surface area contributed by atoms with Crippen molar-refractivity contribution in [2.45, 2.75) is 65.1 Å². The van der Waals surface area contributed by atoms with E-state index in [-0.39, 0.29) is 11.6 Å². The lowest BCUT2D eigenvalue weighted by Gasteiger charge is -2.40. The Morgan fingerprint density at radius 3 is 2.52 bits per heavy atom. The maximum Gasteiger partial charge on any atom is 0.410 e. The van der Waals surface area contributed by atoms with Gasteiger partial charge in [-0.25, -0.2) is 4.79 Å². The Hall–Kier alpha value is -0.590. The summed E-state index contributed by atoms with van der Waals surface area (Å²) in [5.74, 6) is 0. The molecule has 6 heteroatoms. The van der Waals surface area contributed by atoms with E-state index in [2.05, 4.69) is 41.2 Å².